The molecule has 0 radical (unpaired) electrons. The van der Waals surface area contributed by atoms with E-state index >= 15 is 0 Å². The lowest BCUT2D eigenvalue weighted by molar-refractivity contribution is -0.137. The average molecular weight is 568 g/mol. The summed E-state index contributed by atoms with van der Waals surface area (Å²) in [5.74, 6) is -0.0939. The van der Waals surface area contributed by atoms with Crippen LogP contribution in [0.2, 0.25) is 0 Å². The maximum Gasteiger partial charge on any atom is 0.416 e. The van der Waals surface area contributed by atoms with Gasteiger partial charge in [0.15, 0.2) is 0 Å². The van der Waals surface area contributed by atoms with Crippen molar-refractivity contribution in [3.05, 3.63) is 120 Å². The van der Waals surface area contributed by atoms with Crippen molar-refractivity contribution in [3.8, 4) is 16.9 Å². The molecule has 4 aromatic carbocycles. The van der Waals surface area contributed by atoms with Crippen molar-refractivity contribution in [1.82, 2.24) is 4.90 Å². The third kappa shape index (κ3) is 7.30. The van der Waals surface area contributed by atoms with Crippen LogP contribution in [0, 0.1) is 5.92 Å². The summed E-state index contributed by atoms with van der Waals surface area (Å²) in [5.41, 5.74) is 2.05. The summed E-state index contributed by atoms with van der Waals surface area (Å²) in [5, 5.41) is 0. The largest absolute Gasteiger partial charge is 0.416 e. The van der Waals surface area contributed by atoms with Gasteiger partial charge in [0.25, 0.3) is 5.91 Å². The van der Waals surface area contributed by atoms with Gasteiger partial charge in [0.1, 0.15) is 10.6 Å². The minimum atomic E-state index is -4.69. The normalized spacial score (nSPS) is 11.8. The van der Waals surface area contributed by atoms with Crippen molar-refractivity contribution < 1.29 is 30.6 Å². The maximum atomic E-state index is 13.5. The lowest BCUT2D eigenvalue weighted by Gasteiger charge is -2.25. The summed E-state index contributed by atoms with van der Waals surface area (Å²) in [6.45, 7) is 4.60. The Morgan fingerprint density at radius 2 is 1.48 bits per heavy atom. The first-order valence-corrected chi connectivity index (χ1v) is 14.0. The zero-order chi connectivity index (χ0) is 28.9. The first-order chi connectivity index (χ1) is 18.9. The fraction of sp³-hybridized carbons (Fsp3) is 0.194. The van der Waals surface area contributed by atoms with Crippen LogP contribution in [0.25, 0.3) is 11.1 Å². The topological polar surface area (TPSA) is 63.7 Å². The molecule has 9 heteroatoms. The van der Waals surface area contributed by atoms with Gasteiger partial charge in [-0.1, -0.05) is 74.5 Å². The molecule has 208 valence electrons. The van der Waals surface area contributed by atoms with Crippen LogP contribution in [-0.4, -0.2) is 25.8 Å². The zero-order valence-corrected chi connectivity index (χ0v) is 22.7. The molecule has 0 atom stereocenters. The van der Waals surface area contributed by atoms with E-state index in [2.05, 4.69) is 0 Å². The molecule has 0 spiro atoms. The van der Waals surface area contributed by atoms with Crippen molar-refractivity contribution in [2.45, 2.75) is 31.5 Å². The first kappa shape index (κ1) is 28.9. The van der Waals surface area contributed by atoms with E-state index in [1.165, 1.54) is 12.1 Å². The number of alkyl halides is 3. The Morgan fingerprint density at radius 1 is 0.825 bits per heavy atom. The number of carbonyl (C=O) groups excluding carboxylic acids is 1. The Hall–Kier alpha value is -4.11. The number of benzene rings is 4. The Balaban J connectivity index is 1.53. The molecule has 0 heterocycles. The molecule has 5 nitrogen and oxygen atoms in total. The lowest BCUT2D eigenvalue weighted by atomic mass is 10.0. The molecular weight excluding hydrogens is 539 g/mol. The monoisotopic (exact) mass is 567 g/mol. The van der Waals surface area contributed by atoms with Crippen LogP contribution in [0.3, 0.4) is 0 Å². The molecule has 0 aliphatic carbocycles. The minimum absolute atomic E-state index is 0.0703. The predicted octanol–water partition coefficient (Wildman–Crippen LogP) is 7.44. The van der Waals surface area contributed by atoms with Gasteiger partial charge in [0.05, 0.1) is 5.56 Å². The van der Waals surface area contributed by atoms with Crippen molar-refractivity contribution in [1.29, 1.82) is 0 Å². The number of rotatable bonds is 9. The molecule has 1 amide bonds. The maximum absolute atomic E-state index is 13.5. The van der Waals surface area contributed by atoms with Crippen LogP contribution >= 0.6 is 0 Å². The molecule has 0 unspecified atom stereocenters. The first-order valence-electron chi connectivity index (χ1n) is 12.6. The summed E-state index contributed by atoms with van der Waals surface area (Å²) in [6, 6.07) is 26.7. The van der Waals surface area contributed by atoms with Crippen LogP contribution in [0.1, 0.15) is 35.3 Å². The SMILES string of the molecule is CC(C)CN(Cc1cccc(OS(=O)(=O)c2cccc(C(F)(F)F)c2)c1)C(=O)c1ccc(-c2ccccc2)cc1. The number of hydrogen-bond donors (Lipinski definition) is 0. The third-order valence-electron chi connectivity index (χ3n) is 6.04. The van der Waals surface area contributed by atoms with Crippen LogP contribution in [0.4, 0.5) is 13.2 Å². The fourth-order valence-corrected chi connectivity index (χ4v) is 5.17. The predicted molar refractivity (Wildman–Crippen MR) is 147 cm³/mol. The standard InChI is InChI=1S/C31H28F3NO4S/c1-22(2)20-35(30(36)26-16-14-25(15-17-26)24-9-4-3-5-10-24)21-23-8-6-12-28(18-23)39-40(37,38)29-13-7-11-27(19-29)31(32,33)34/h3-19,22H,20-21H2,1-2H3. The smallest absolute Gasteiger partial charge is 0.379 e. The number of halogens is 3. The van der Waals surface area contributed by atoms with E-state index in [0.29, 0.717) is 23.7 Å². The van der Waals surface area contributed by atoms with Gasteiger partial charge >= 0.3 is 16.3 Å². The zero-order valence-electron chi connectivity index (χ0n) is 21.9. The second-order valence-corrected chi connectivity index (χ2v) is 11.3. The molecule has 0 N–H and O–H groups in total. The highest BCUT2D eigenvalue weighted by atomic mass is 32.2. The summed E-state index contributed by atoms with van der Waals surface area (Å²) in [6.07, 6.45) is -4.69. The molecule has 0 bridgehead atoms. The van der Waals surface area contributed by atoms with Gasteiger partial charge in [-0.15, -0.1) is 0 Å². The van der Waals surface area contributed by atoms with Gasteiger partial charge in [-0.3, -0.25) is 4.79 Å². The van der Waals surface area contributed by atoms with Gasteiger partial charge in [-0.2, -0.15) is 21.6 Å². The van der Waals surface area contributed by atoms with E-state index in [-0.39, 0.29) is 24.1 Å². The third-order valence-corrected chi connectivity index (χ3v) is 7.28. The second-order valence-electron chi connectivity index (χ2n) is 9.73. The van der Waals surface area contributed by atoms with Crippen LogP contribution in [-0.2, 0) is 22.8 Å². The number of nitrogens with zero attached hydrogens (tertiary/aromatic N) is 1. The number of carbonyl (C=O) groups is 1. The van der Waals surface area contributed by atoms with E-state index in [9.17, 15) is 26.4 Å². The fourth-order valence-electron chi connectivity index (χ4n) is 4.20. The molecule has 0 saturated carbocycles. The van der Waals surface area contributed by atoms with Gasteiger partial charge < -0.3 is 9.08 Å². The highest BCUT2D eigenvalue weighted by Crippen LogP contribution is 2.31. The molecule has 0 fully saturated rings. The molecule has 4 rings (SSSR count). The van der Waals surface area contributed by atoms with Crippen molar-refractivity contribution in [2.75, 3.05) is 6.54 Å². The van der Waals surface area contributed by atoms with Gasteiger partial charge in [0, 0.05) is 18.7 Å². The van der Waals surface area contributed by atoms with Crippen molar-refractivity contribution in [3.63, 3.8) is 0 Å². The van der Waals surface area contributed by atoms with Crippen molar-refractivity contribution in [2.24, 2.45) is 5.92 Å². The quantitative estimate of drug-likeness (QED) is 0.197. The Labute approximate surface area is 232 Å². The highest BCUT2D eigenvalue weighted by molar-refractivity contribution is 7.87. The molecule has 0 aliphatic heterocycles. The summed E-state index contributed by atoms with van der Waals surface area (Å²) < 4.78 is 69.8. The van der Waals surface area contributed by atoms with Gasteiger partial charge in [-0.25, -0.2) is 0 Å². The van der Waals surface area contributed by atoms with E-state index in [0.717, 1.165) is 29.3 Å². The molecule has 0 aromatic heterocycles. The minimum Gasteiger partial charge on any atom is -0.379 e. The second kappa shape index (κ2) is 12.0. The van der Waals surface area contributed by atoms with E-state index in [1.54, 1.807) is 29.2 Å². The van der Waals surface area contributed by atoms with Crippen LogP contribution in [0.15, 0.2) is 108 Å². The lowest BCUT2D eigenvalue weighted by Crippen LogP contribution is -2.33. The van der Waals surface area contributed by atoms with Gasteiger partial charge in [0.2, 0.25) is 0 Å². The molecular formula is C31H28F3NO4S. The summed E-state index contributed by atoms with van der Waals surface area (Å²) >= 11 is 0. The number of amides is 1. The highest BCUT2D eigenvalue weighted by Gasteiger charge is 2.32. The van der Waals surface area contributed by atoms with Crippen LogP contribution in [0.5, 0.6) is 5.75 Å². The average Bonchev–Trinajstić information content (AvgIpc) is 2.92. The molecule has 40 heavy (non-hydrogen) atoms. The Bertz CT molecular complexity index is 1570. The Morgan fingerprint density at radius 3 is 2.12 bits per heavy atom. The van der Waals surface area contributed by atoms with Crippen LogP contribution < -0.4 is 4.18 Å². The molecule has 4 aromatic rings. The molecule has 0 saturated heterocycles. The summed E-state index contributed by atoms with van der Waals surface area (Å²) in [4.78, 5) is 14.5. The molecule has 0 aliphatic rings. The van der Waals surface area contributed by atoms with E-state index in [4.69, 9.17) is 4.18 Å². The Kier molecular flexibility index (Phi) is 8.64. The number of hydrogen-bond acceptors (Lipinski definition) is 4. The van der Waals surface area contributed by atoms with Crippen molar-refractivity contribution >= 4 is 16.0 Å². The van der Waals surface area contributed by atoms with E-state index in [1.807, 2.05) is 56.3 Å². The van der Waals surface area contributed by atoms with E-state index < -0.39 is 26.8 Å². The summed E-state index contributed by atoms with van der Waals surface area (Å²) in [7, 11) is -4.53. The van der Waals surface area contributed by atoms with Gasteiger partial charge in [-0.05, 0) is 65.1 Å².